The van der Waals surface area contributed by atoms with Gasteiger partial charge in [0.1, 0.15) is 11.6 Å². The molecule has 1 saturated heterocycles. The molecule has 138 valence electrons. The van der Waals surface area contributed by atoms with Crippen LogP contribution in [0, 0.1) is 0 Å². The van der Waals surface area contributed by atoms with Gasteiger partial charge in [0, 0.05) is 31.5 Å². The van der Waals surface area contributed by atoms with Crippen LogP contribution in [0.2, 0.25) is 0 Å². The van der Waals surface area contributed by atoms with Crippen molar-refractivity contribution in [2.75, 3.05) is 18.0 Å². The molecule has 0 bridgehead atoms. The van der Waals surface area contributed by atoms with E-state index in [1.807, 2.05) is 0 Å². The molecule has 25 heavy (non-hydrogen) atoms. The third kappa shape index (κ3) is 6.21. The number of ether oxygens (including phenoxy) is 1. The van der Waals surface area contributed by atoms with Crippen LogP contribution in [0.3, 0.4) is 0 Å². The molecule has 2 amide bonds. The van der Waals surface area contributed by atoms with Crippen molar-refractivity contribution in [1.29, 1.82) is 0 Å². The van der Waals surface area contributed by atoms with Crippen molar-refractivity contribution in [2.45, 2.75) is 58.2 Å². The lowest BCUT2D eigenvalue weighted by Gasteiger charge is -2.33. The molecule has 1 aromatic heterocycles. The van der Waals surface area contributed by atoms with Crippen LogP contribution in [0.15, 0.2) is 18.5 Å². The third-order valence-electron chi connectivity index (χ3n) is 3.73. The lowest BCUT2D eigenvalue weighted by Crippen LogP contribution is -2.53. The number of nitrogens with one attached hydrogen (secondary N) is 2. The average molecular weight is 349 g/mol. The van der Waals surface area contributed by atoms with Gasteiger partial charge in [-0.1, -0.05) is 0 Å². The van der Waals surface area contributed by atoms with Crippen LogP contribution in [0.25, 0.3) is 0 Å². The standard InChI is InChI=1S/C17H27N5O3/c1-12(20-16(24)25-17(2,3)4)14(23)21-13-7-5-10-22(11-13)15-18-8-6-9-19-15/h6,8-9,12-13H,5,7,10-11H2,1-4H3,(H,20,24)(H,21,23)/t12-,13-/m0/s1. The molecule has 0 aromatic carbocycles. The van der Waals surface area contributed by atoms with Gasteiger partial charge in [0.15, 0.2) is 0 Å². The van der Waals surface area contributed by atoms with E-state index in [0.29, 0.717) is 12.5 Å². The van der Waals surface area contributed by atoms with Gasteiger partial charge in [-0.2, -0.15) is 0 Å². The molecule has 1 aromatic rings. The molecule has 0 saturated carbocycles. The molecule has 0 unspecified atom stereocenters. The summed E-state index contributed by atoms with van der Waals surface area (Å²) in [7, 11) is 0. The third-order valence-corrected chi connectivity index (χ3v) is 3.73. The quantitative estimate of drug-likeness (QED) is 0.855. The summed E-state index contributed by atoms with van der Waals surface area (Å²) in [5.41, 5.74) is -0.597. The second-order valence-electron chi connectivity index (χ2n) is 7.21. The summed E-state index contributed by atoms with van der Waals surface area (Å²) in [6.07, 6.45) is 4.64. The fourth-order valence-electron chi connectivity index (χ4n) is 2.61. The average Bonchev–Trinajstić information content (AvgIpc) is 2.54. The van der Waals surface area contributed by atoms with Gasteiger partial charge in [0.2, 0.25) is 11.9 Å². The summed E-state index contributed by atoms with van der Waals surface area (Å²) in [6.45, 7) is 8.48. The Bertz CT molecular complexity index is 588. The second kappa shape index (κ2) is 8.13. The molecule has 0 radical (unpaired) electrons. The predicted octanol–water partition coefficient (Wildman–Crippen LogP) is 1.47. The van der Waals surface area contributed by atoms with Crippen molar-refractivity contribution in [1.82, 2.24) is 20.6 Å². The SMILES string of the molecule is C[C@H](NC(=O)OC(C)(C)C)C(=O)N[C@H]1CCCN(c2ncccn2)C1. The van der Waals surface area contributed by atoms with Crippen LogP contribution in [-0.4, -0.2) is 52.7 Å². The van der Waals surface area contributed by atoms with E-state index in [1.54, 1.807) is 46.2 Å². The van der Waals surface area contributed by atoms with E-state index in [2.05, 4.69) is 25.5 Å². The van der Waals surface area contributed by atoms with Crippen LogP contribution < -0.4 is 15.5 Å². The molecule has 2 rings (SSSR count). The first-order valence-corrected chi connectivity index (χ1v) is 8.56. The summed E-state index contributed by atoms with van der Waals surface area (Å²) in [5, 5.41) is 5.54. The highest BCUT2D eigenvalue weighted by atomic mass is 16.6. The molecule has 1 aliphatic rings. The molecule has 0 spiro atoms. The number of anilines is 1. The zero-order valence-electron chi connectivity index (χ0n) is 15.3. The zero-order chi connectivity index (χ0) is 18.4. The van der Waals surface area contributed by atoms with Crippen molar-refractivity contribution in [2.24, 2.45) is 0 Å². The molecule has 0 aliphatic carbocycles. The first kappa shape index (κ1) is 19.0. The minimum Gasteiger partial charge on any atom is -0.444 e. The van der Waals surface area contributed by atoms with Gasteiger partial charge in [-0.15, -0.1) is 0 Å². The Morgan fingerprint density at radius 3 is 2.64 bits per heavy atom. The van der Waals surface area contributed by atoms with Gasteiger partial charge in [-0.05, 0) is 46.6 Å². The van der Waals surface area contributed by atoms with Crippen LogP contribution in [0.4, 0.5) is 10.7 Å². The van der Waals surface area contributed by atoms with Gasteiger partial charge < -0.3 is 20.3 Å². The fourth-order valence-corrected chi connectivity index (χ4v) is 2.61. The molecule has 8 heteroatoms. The second-order valence-corrected chi connectivity index (χ2v) is 7.21. The van der Waals surface area contributed by atoms with Gasteiger partial charge in [0.05, 0.1) is 0 Å². The smallest absolute Gasteiger partial charge is 0.408 e. The summed E-state index contributed by atoms with van der Waals surface area (Å²) in [6, 6.07) is 1.10. The normalized spacial score (nSPS) is 19.0. The maximum Gasteiger partial charge on any atom is 0.408 e. The van der Waals surface area contributed by atoms with E-state index in [9.17, 15) is 9.59 Å². The van der Waals surface area contributed by atoms with E-state index >= 15 is 0 Å². The molecule has 2 N–H and O–H groups in total. The molecule has 1 fully saturated rings. The lowest BCUT2D eigenvalue weighted by molar-refractivity contribution is -0.123. The molecule has 8 nitrogen and oxygen atoms in total. The number of aromatic nitrogens is 2. The number of carbonyl (C=O) groups excluding carboxylic acids is 2. The number of hydrogen-bond donors (Lipinski definition) is 2. The van der Waals surface area contributed by atoms with Gasteiger partial charge in [-0.3, -0.25) is 4.79 Å². The largest absolute Gasteiger partial charge is 0.444 e. The maximum absolute atomic E-state index is 12.3. The Kier molecular flexibility index (Phi) is 6.17. The Morgan fingerprint density at radius 2 is 2.00 bits per heavy atom. The number of amides is 2. The fraction of sp³-hybridized carbons (Fsp3) is 0.647. The number of hydrogen-bond acceptors (Lipinski definition) is 6. The van der Waals surface area contributed by atoms with Crippen molar-refractivity contribution in [3.05, 3.63) is 18.5 Å². The van der Waals surface area contributed by atoms with Crippen molar-refractivity contribution in [3.63, 3.8) is 0 Å². The van der Waals surface area contributed by atoms with E-state index in [1.165, 1.54) is 0 Å². The van der Waals surface area contributed by atoms with Gasteiger partial charge >= 0.3 is 6.09 Å². The van der Waals surface area contributed by atoms with Crippen LogP contribution in [0.5, 0.6) is 0 Å². The van der Waals surface area contributed by atoms with Crippen molar-refractivity contribution in [3.8, 4) is 0 Å². The lowest BCUT2D eigenvalue weighted by atomic mass is 10.1. The first-order chi connectivity index (χ1) is 11.7. The summed E-state index contributed by atoms with van der Waals surface area (Å²) >= 11 is 0. The Labute approximate surface area is 148 Å². The summed E-state index contributed by atoms with van der Waals surface area (Å²) in [5.74, 6) is 0.438. The minimum atomic E-state index is -0.668. The number of carbonyl (C=O) groups is 2. The highest BCUT2D eigenvalue weighted by Gasteiger charge is 2.26. The Morgan fingerprint density at radius 1 is 1.32 bits per heavy atom. The van der Waals surface area contributed by atoms with E-state index in [4.69, 9.17) is 4.74 Å². The molecule has 2 heterocycles. The van der Waals surface area contributed by atoms with Crippen molar-refractivity contribution < 1.29 is 14.3 Å². The van der Waals surface area contributed by atoms with Crippen LogP contribution >= 0.6 is 0 Å². The summed E-state index contributed by atoms with van der Waals surface area (Å²) < 4.78 is 5.17. The first-order valence-electron chi connectivity index (χ1n) is 8.56. The number of piperidine rings is 1. The minimum absolute atomic E-state index is 0.00653. The molecular formula is C17H27N5O3. The maximum atomic E-state index is 12.3. The Balaban J connectivity index is 1.84. The van der Waals surface area contributed by atoms with E-state index in [0.717, 1.165) is 19.4 Å². The van der Waals surface area contributed by atoms with Crippen molar-refractivity contribution >= 4 is 17.9 Å². The highest BCUT2D eigenvalue weighted by Crippen LogP contribution is 2.15. The number of alkyl carbamates (subject to hydrolysis) is 1. The monoisotopic (exact) mass is 349 g/mol. The van der Waals surface area contributed by atoms with Gasteiger partial charge in [-0.25, -0.2) is 14.8 Å². The van der Waals surface area contributed by atoms with Crippen LogP contribution in [0.1, 0.15) is 40.5 Å². The molecule has 2 atom stereocenters. The Hall–Kier alpha value is -2.38. The summed E-state index contributed by atoms with van der Waals surface area (Å²) in [4.78, 5) is 34.7. The number of nitrogens with zero attached hydrogens (tertiary/aromatic N) is 3. The molecule has 1 aliphatic heterocycles. The van der Waals surface area contributed by atoms with Crippen LogP contribution in [-0.2, 0) is 9.53 Å². The van der Waals surface area contributed by atoms with E-state index in [-0.39, 0.29) is 11.9 Å². The van der Waals surface area contributed by atoms with E-state index < -0.39 is 17.7 Å². The highest BCUT2D eigenvalue weighted by molar-refractivity contribution is 5.85. The topological polar surface area (TPSA) is 96.4 Å². The van der Waals surface area contributed by atoms with Gasteiger partial charge in [0.25, 0.3) is 0 Å². The molecular weight excluding hydrogens is 322 g/mol. The number of rotatable bonds is 4. The zero-order valence-corrected chi connectivity index (χ0v) is 15.3. The predicted molar refractivity (Wildman–Crippen MR) is 94.2 cm³/mol.